The zero-order chi connectivity index (χ0) is 22.0. The van der Waals surface area contributed by atoms with Gasteiger partial charge in [-0.1, -0.05) is 0 Å². The Kier molecular flexibility index (Phi) is 5.97. The van der Waals surface area contributed by atoms with Crippen molar-refractivity contribution >= 4 is 43.7 Å². The van der Waals surface area contributed by atoms with Crippen LogP contribution in [0.2, 0.25) is 0 Å². The van der Waals surface area contributed by atoms with E-state index < -0.39 is 9.71 Å². The molecule has 0 aliphatic carbocycles. The van der Waals surface area contributed by atoms with Gasteiger partial charge in [-0.2, -0.15) is 0 Å². The fourth-order valence-electron chi connectivity index (χ4n) is 3.56. The molecule has 4 rings (SSSR count). The number of hydrogen-bond donors (Lipinski definition) is 2. The van der Waals surface area contributed by atoms with E-state index in [2.05, 4.69) is 25.9 Å². The molecule has 164 valence electrons. The maximum Gasteiger partial charge on any atom is 0.145 e. The van der Waals surface area contributed by atoms with Crippen LogP contribution in [0.15, 0.2) is 36.7 Å². The summed E-state index contributed by atoms with van der Waals surface area (Å²) in [7, 11) is -2.41. The van der Waals surface area contributed by atoms with Gasteiger partial charge in [0.05, 0.1) is 24.4 Å². The molecule has 0 radical (unpaired) electrons. The molecule has 2 aromatic carbocycles. The zero-order valence-corrected chi connectivity index (χ0v) is 18.3. The lowest BCUT2D eigenvalue weighted by Gasteiger charge is -2.17. The van der Waals surface area contributed by atoms with Gasteiger partial charge in [-0.15, -0.1) is 0 Å². The Morgan fingerprint density at radius 3 is 2.90 bits per heavy atom. The predicted molar refractivity (Wildman–Crippen MR) is 123 cm³/mol. The van der Waals surface area contributed by atoms with Gasteiger partial charge in [0.2, 0.25) is 0 Å². The normalized spacial score (nSPS) is 18.0. The fourth-order valence-corrected chi connectivity index (χ4v) is 4.18. The first-order valence-electron chi connectivity index (χ1n) is 9.91. The molecule has 1 saturated heterocycles. The summed E-state index contributed by atoms with van der Waals surface area (Å²) in [5, 5.41) is 4.07. The van der Waals surface area contributed by atoms with Crippen molar-refractivity contribution in [2.45, 2.75) is 13.3 Å². The summed E-state index contributed by atoms with van der Waals surface area (Å²) in [6, 6.07) is 8.03. The van der Waals surface area contributed by atoms with E-state index in [4.69, 9.17) is 9.47 Å². The molecular formula is C22H25FN4O3S. The minimum atomic E-state index is -2.41. The van der Waals surface area contributed by atoms with E-state index in [0.717, 1.165) is 24.0 Å². The Hall–Kier alpha value is -2.91. The Bertz CT molecular complexity index is 1210. The average molecular weight is 445 g/mol. The van der Waals surface area contributed by atoms with Crippen molar-refractivity contribution in [2.24, 2.45) is 5.92 Å². The van der Waals surface area contributed by atoms with Crippen molar-refractivity contribution in [1.29, 1.82) is 0 Å². The van der Waals surface area contributed by atoms with Gasteiger partial charge in [0.1, 0.15) is 23.7 Å². The number of anilines is 3. The molecule has 1 aromatic heterocycles. The Morgan fingerprint density at radius 2 is 2.16 bits per heavy atom. The van der Waals surface area contributed by atoms with Crippen molar-refractivity contribution in [3.05, 3.63) is 48.0 Å². The van der Waals surface area contributed by atoms with Gasteiger partial charge in [-0.3, -0.25) is 0 Å². The van der Waals surface area contributed by atoms with Crippen molar-refractivity contribution < 1.29 is 18.1 Å². The highest BCUT2D eigenvalue weighted by Crippen LogP contribution is 2.33. The first-order valence-corrected chi connectivity index (χ1v) is 12.0. The first-order chi connectivity index (χ1) is 14.8. The average Bonchev–Trinajstić information content (AvgIpc) is 3.20. The summed E-state index contributed by atoms with van der Waals surface area (Å²) in [6.07, 6.45) is 3.91. The van der Waals surface area contributed by atoms with E-state index in [-0.39, 0.29) is 5.82 Å². The molecule has 1 fully saturated rings. The van der Waals surface area contributed by atoms with E-state index in [1.54, 1.807) is 12.1 Å². The smallest absolute Gasteiger partial charge is 0.145 e. The lowest BCUT2D eigenvalue weighted by molar-refractivity contribution is 0.167. The van der Waals surface area contributed by atoms with Crippen molar-refractivity contribution in [3.8, 4) is 5.75 Å². The lowest BCUT2D eigenvalue weighted by atomic mass is 10.1. The standard InChI is InChI=1S/C22H25FN4O3S/c1-14-8-17(27-31(2,3)28)10-19-21(14)22(25-13-24-19)26-18-5-4-16(23)9-20(18)30-12-15-6-7-29-11-15/h4-5,8-10,13,15H,2,6-7,11-12H2,1,3H3,(H,27,28)(H,24,25,26). The fraction of sp³-hybridized carbons (Fsp3) is 0.318. The van der Waals surface area contributed by atoms with Crippen LogP contribution in [-0.2, 0) is 14.4 Å². The Labute approximate surface area is 181 Å². The molecule has 0 saturated carbocycles. The summed E-state index contributed by atoms with van der Waals surface area (Å²) in [4.78, 5) is 8.74. The van der Waals surface area contributed by atoms with Gasteiger partial charge in [0.15, 0.2) is 0 Å². The Morgan fingerprint density at radius 1 is 1.32 bits per heavy atom. The highest BCUT2D eigenvalue weighted by molar-refractivity contribution is 8.00. The molecule has 0 spiro atoms. The maximum atomic E-state index is 13.9. The maximum absolute atomic E-state index is 13.9. The number of hydrogen-bond acceptors (Lipinski definition) is 6. The Balaban J connectivity index is 1.65. The minimum absolute atomic E-state index is 0.297. The van der Waals surface area contributed by atoms with Crippen LogP contribution in [0.4, 0.5) is 21.6 Å². The van der Waals surface area contributed by atoms with E-state index in [1.165, 1.54) is 24.7 Å². The third-order valence-corrected chi connectivity index (χ3v) is 5.63. The number of ether oxygens (including phenoxy) is 2. The molecular weight excluding hydrogens is 419 g/mol. The molecule has 1 aliphatic heterocycles. The van der Waals surface area contributed by atoms with Gasteiger partial charge < -0.3 is 19.5 Å². The number of benzene rings is 2. The second-order valence-corrected chi connectivity index (χ2v) is 10.0. The van der Waals surface area contributed by atoms with Crippen molar-refractivity contribution in [1.82, 2.24) is 9.97 Å². The second kappa shape index (κ2) is 8.68. The number of aryl methyl sites for hydroxylation is 1. The van der Waals surface area contributed by atoms with Crippen LogP contribution >= 0.6 is 0 Å². The minimum Gasteiger partial charge on any atom is -0.491 e. The number of nitrogens with zero attached hydrogens (tertiary/aromatic N) is 2. The highest BCUT2D eigenvalue weighted by Gasteiger charge is 2.18. The third kappa shape index (κ3) is 5.23. The number of aromatic nitrogens is 2. The largest absolute Gasteiger partial charge is 0.491 e. The van der Waals surface area contributed by atoms with Crippen LogP contribution in [0.3, 0.4) is 0 Å². The molecule has 9 heteroatoms. The summed E-state index contributed by atoms with van der Waals surface area (Å²) >= 11 is 0. The van der Waals surface area contributed by atoms with Gasteiger partial charge in [-0.05, 0) is 49.0 Å². The van der Waals surface area contributed by atoms with Crippen LogP contribution in [0, 0.1) is 18.7 Å². The van der Waals surface area contributed by atoms with Crippen LogP contribution in [-0.4, -0.2) is 46.1 Å². The summed E-state index contributed by atoms with van der Waals surface area (Å²) < 4.78 is 40.1. The summed E-state index contributed by atoms with van der Waals surface area (Å²) in [6.45, 7) is 3.76. The molecule has 2 unspecified atom stereocenters. The molecule has 0 amide bonds. The van der Waals surface area contributed by atoms with Crippen molar-refractivity contribution in [3.63, 3.8) is 0 Å². The van der Waals surface area contributed by atoms with E-state index >= 15 is 0 Å². The second-order valence-electron chi connectivity index (χ2n) is 7.82. The number of halogens is 1. The van der Waals surface area contributed by atoms with Gasteiger partial charge in [0.25, 0.3) is 0 Å². The van der Waals surface area contributed by atoms with Crippen LogP contribution in [0.1, 0.15) is 12.0 Å². The quantitative estimate of drug-likeness (QED) is 0.538. The zero-order valence-electron chi connectivity index (χ0n) is 17.5. The van der Waals surface area contributed by atoms with Gasteiger partial charge in [0, 0.05) is 45.6 Å². The number of nitrogens with one attached hydrogen (secondary N) is 2. The van der Waals surface area contributed by atoms with Crippen LogP contribution in [0.5, 0.6) is 5.75 Å². The SMILES string of the molecule is C=S(C)(=O)Nc1cc(C)c2c(Nc3ccc(F)cc3OCC3CCOC3)ncnc2c1. The summed E-state index contributed by atoms with van der Waals surface area (Å²) in [5.41, 5.74) is 2.84. The number of rotatable bonds is 7. The molecule has 2 atom stereocenters. The molecule has 1 aliphatic rings. The monoisotopic (exact) mass is 444 g/mol. The first kappa shape index (κ1) is 21.3. The van der Waals surface area contributed by atoms with E-state index in [9.17, 15) is 8.60 Å². The highest BCUT2D eigenvalue weighted by atomic mass is 32.2. The molecule has 7 nitrogen and oxygen atoms in total. The van der Waals surface area contributed by atoms with Crippen LogP contribution in [0.25, 0.3) is 10.9 Å². The third-order valence-electron chi connectivity index (χ3n) is 4.96. The molecule has 0 bridgehead atoms. The van der Waals surface area contributed by atoms with Crippen LogP contribution < -0.4 is 14.8 Å². The van der Waals surface area contributed by atoms with Crippen molar-refractivity contribution in [2.75, 3.05) is 36.1 Å². The van der Waals surface area contributed by atoms with E-state index in [1.807, 2.05) is 13.0 Å². The summed E-state index contributed by atoms with van der Waals surface area (Å²) in [5.74, 6) is 4.54. The lowest BCUT2D eigenvalue weighted by Crippen LogP contribution is -2.12. The topological polar surface area (TPSA) is 85.4 Å². The number of fused-ring (bicyclic) bond motifs is 1. The molecule has 2 heterocycles. The molecule has 31 heavy (non-hydrogen) atoms. The van der Waals surface area contributed by atoms with Gasteiger partial charge >= 0.3 is 0 Å². The van der Waals surface area contributed by atoms with E-state index in [0.29, 0.717) is 47.6 Å². The molecule has 2 N–H and O–H groups in total. The van der Waals surface area contributed by atoms with Gasteiger partial charge in [-0.25, -0.2) is 18.6 Å². The molecule has 3 aromatic rings. The predicted octanol–water partition coefficient (Wildman–Crippen LogP) is 3.91.